The fourth-order valence-corrected chi connectivity index (χ4v) is 0.303. The van der Waals surface area contributed by atoms with Crippen molar-refractivity contribution in [1.29, 1.82) is 5.26 Å². The molecular weight excluding hydrogens is 146 g/mol. The zero-order chi connectivity index (χ0) is 8.85. The first-order chi connectivity index (χ1) is 5.07. The number of amides is 2. The van der Waals surface area contributed by atoms with Gasteiger partial charge in [-0.05, 0) is 0 Å². The second-order valence-corrected chi connectivity index (χ2v) is 1.92. The lowest BCUT2D eigenvalue weighted by molar-refractivity contribution is 0.222. The number of aliphatic imine (C=N–C) groups is 1. The van der Waals surface area contributed by atoms with Crippen molar-refractivity contribution in [2.75, 3.05) is 14.1 Å². The topological polar surface area (TPSA) is 94.5 Å². The van der Waals surface area contributed by atoms with Crippen LogP contribution in [-0.2, 0) is 0 Å². The molecule has 0 aliphatic carbocycles. The number of hydrogen-bond acceptors (Lipinski definition) is 3. The Morgan fingerprint density at radius 2 is 2.27 bits per heavy atom. The van der Waals surface area contributed by atoms with Gasteiger partial charge in [0.05, 0.1) is 0 Å². The highest BCUT2D eigenvalue weighted by Gasteiger charge is 2.02. The molecule has 0 unspecified atom stereocenters. The number of nitriles is 1. The predicted octanol–water partition coefficient (Wildman–Crippen LogP) is -0.947. The van der Waals surface area contributed by atoms with E-state index in [4.69, 9.17) is 11.0 Å². The number of carbonyl (C=O) groups excluding carboxylic acids is 1. The van der Waals surface area contributed by atoms with E-state index in [9.17, 15) is 4.79 Å². The van der Waals surface area contributed by atoms with Gasteiger partial charge in [0.2, 0.25) is 12.2 Å². The maximum absolute atomic E-state index is 10.8. The van der Waals surface area contributed by atoms with E-state index in [1.165, 1.54) is 11.1 Å². The van der Waals surface area contributed by atoms with Crippen LogP contribution in [0.1, 0.15) is 0 Å². The van der Waals surface area contributed by atoms with E-state index in [0.29, 0.717) is 0 Å². The maximum Gasteiger partial charge on any atom is 0.323 e. The van der Waals surface area contributed by atoms with Gasteiger partial charge in [0.15, 0.2) is 0 Å². The average molecular weight is 155 g/mol. The first-order valence-electron chi connectivity index (χ1n) is 2.78. The third-order valence-corrected chi connectivity index (χ3v) is 0.812. The minimum Gasteiger partial charge on any atom is -0.369 e. The normalized spacial score (nSPS) is 10.1. The summed E-state index contributed by atoms with van der Waals surface area (Å²) in [5.74, 6) is -0.203. The summed E-state index contributed by atoms with van der Waals surface area (Å²) in [6.45, 7) is 0. The van der Waals surface area contributed by atoms with Crippen LogP contribution in [0.15, 0.2) is 4.99 Å². The Labute approximate surface area is 64.3 Å². The summed E-state index contributed by atoms with van der Waals surface area (Å²) >= 11 is 0. The van der Waals surface area contributed by atoms with E-state index in [0.717, 1.165) is 0 Å². The van der Waals surface area contributed by atoms with E-state index in [1.54, 1.807) is 14.1 Å². The number of urea groups is 1. The van der Waals surface area contributed by atoms with Gasteiger partial charge >= 0.3 is 6.03 Å². The fourth-order valence-electron chi connectivity index (χ4n) is 0.303. The smallest absolute Gasteiger partial charge is 0.323 e. The molecule has 0 spiro atoms. The highest BCUT2D eigenvalue weighted by atomic mass is 16.2. The molecule has 60 valence electrons. The molecule has 0 bridgehead atoms. The molecule has 0 rings (SSSR count). The predicted molar refractivity (Wildman–Crippen MR) is 39.5 cm³/mol. The van der Waals surface area contributed by atoms with Crippen molar-refractivity contribution in [2.24, 2.45) is 10.7 Å². The second-order valence-electron chi connectivity index (χ2n) is 1.92. The van der Waals surface area contributed by atoms with Crippen LogP contribution < -0.4 is 11.1 Å². The van der Waals surface area contributed by atoms with E-state index in [-0.39, 0.29) is 5.96 Å². The van der Waals surface area contributed by atoms with E-state index >= 15 is 0 Å². The van der Waals surface area contributed by atoms with Gasteiger partial charge in [-0.25, -0.2) is 4.79 Å². The third kappa shape index (κ3) is 3.75. The zero-order valence-electron chi connectivity index (χ0n) is 6.33. The molecule has 0 saturated carbocycles. The second kappa shape index (κ2) is 4.11. The van der Waals surface area contributed by atoms with E-state index in [1.807, 2.05) is 0 Å². The Balaban J connectivity index is 3.98. The Morgan fingerprint density at radius 1 is 1.73 bits per heavy atom. The van der Waals surface area contributed by atoms with Crippen LogP contribution in [0.25, 0.3) is 0 Å². The number of hydrogen-bond donors (Lipinski definition) is 2. The van der Waals surface area contributed by atoms with Gasteiger partial charge in [0.1, 0.15) is 0 Å². The van der Waals surface area contributed by atoms with Gasteiger partial charge in [-0.15, -0.1) is 4.99 Å². The largest absolute Gasteiger partial charge is 0.369 e. The summed E-state index contributed by atoms with van der Waals surface area (Å²) in [7, 11) is 3.10. The first-order valence-corrected chi connectivity index (χ1v) is 2.78. The van der Waals surface area contributed by atoms with Gasteiger partial charge in [-0.1, -0.05) is 0 Å². The summed E-state index contributed by atoms with van der Waals surface area (Å²) in [4.78, 5) is 15.1. The number of carbonyl (C=O) groups is 1. The van der Waals surface area contributed by atoms with Gasteiger partial charge in [-0.2, -0.15) is 5.26 Å². The molecule has 0 heterocycles. The van der Waals surface area contributed by atoms with Crippen molar-refractivity contribution in [3.8, 4) is 6.19 Å². The number of rotatable bonds is 0. The summed E-state index contributed by atoms with van der Waals surface area (Å²) in [6, 6.07) is -0.415. The van der Waals surface area contributed by atoms with Crippen molar-refractivity contribution in [1.82, 2.24) is 10.2 Å². The highest BCUT2D eigenvalue weighted by Crippen LogP contribution is 1.75. The molecule has 3 N–H and O–H groups in total. The summed E-state index contributed by atoms with van der Waals surface area (Å²) in [6.07, 6.45) is 1.44. The number of nitrogens with one attached hydrogen (secondary N) is 1. The van der Waals surface area contributed by atoms with E-state index < -0.39 is 6.03 Å². The molecule has 0 aliphatic rings. The molecule has 0 atom stereocenters. The number of nitrogens with zero attached hydrogens (tertiary/aromatic N) is 3. The molecule has 6 nitrogen and oxygen atoms in total. The number of nitrogens with two attached hydrogens (primary N) is 1. The fraction of sp³-hybridized carbons (Fsp3) is 0.400. The lowest BCUT2D eigenvalue weighted by Gasteiger charge is -2.09. The maximum atomic E-state index is 10.8. The molecule has 11 heavy (non-hydrogen) atoms. The van der Waals surface area contributed by atoms with Gasteiger partial charge in [-0.3, -0.25) is 5.32 Å². The Hall–Kier alpha value is -1.77. The lowest BCUT2D eigenvalue weighted by Crippen LogP contribution is -2.42. The van der Waals surface area contributed by atoms with Crippen LogP contribution in [-0.4, -0.2) is 31.0 Å². The van der Waals surface area contributed by atoms with Crippen molar-refractivity contribution in [3.63, 3.8) is 0 Å². The molecule has 0 fully saturated rings. The van der Waals surface area contributed by atoms with Crippen LogP contribution in [0.3, 0.4) is 0 Å². The van der Waals surface area contributed by atoms with Crippen molar-refractivity contribution >= 4 is 12.0 Å². The van der Waals surface area contributed by atoms with Crippen LogP contribution in [0.2, 0.25) is 0 Å². The van der Waals surface area contributed by atoms with Crippen molar-refractivity contribution < 1.29 is 4.79 Å². The molecule has 0 aromatic carbocycles. The van der Waals surface area contributed by atoms with Crippen LogP contribution in [0.5, 0.6) is 0 Å². The molecular formula is C5H9N5O. The van der Waals surface area contributed by atoms with Crippen molar-refractivity contribution in [3.05, 3.63) is 0 Å². The van der Waals surface area contributed by atoms with Gasteiger partial charge in [0.25, 0.3) is 0 Å². The molecule has 0 aromatic rings. The van der Waals surface area contributed by atoms with Crippen LogP contribution in [0, 0.1) is 11.5 Å². The Bertz CT molecular complexity index is 213. The SMILES string of the molecule is CN(C)C(=O)NC(N)=NC#N. The zero-order valence-corrected chi connectivity index (χ0v) is 6.33. The standard InChI is InChI=1S/C5H9N5O/c1-10(2)5(11)9-4(7)8-3-6/h1-2H3,(H3,7,8,9,11). The Kier molecular flexibility index (Phi) is 3.45. The molecule has 2 amide bonds. The minimum atomic E-state index is -0.415. The first kappa shape index (κ1) is 9.23. The van der Waals surface area contributed by atoms with Crippen LogP contribution in [0.4, 0.5) is 4.79 Å². The summed E-state index contributed by atoms with van der Waals surface area (Å²) in [5, 5.41) is 10.2. The third-order valence-electron chi connectivity index (χ3n) is 0.812. The Morgan fingerprint density at radius 3 is 2.64 bits per heavy atom. The van der Waals surface area contributed by atoms with Gasteiger partial charge in [0, 0.05) is 14.1 Å². The average Bonchev–Trinajstić information content (AvgIpc) is 1.87. The molecule has 6 heteroatoms. The lowest BCUT2D eigenvalue weighted by atomic mass is 10.8. The molecule has 0 saturated heterocycles. The molecule has 0 aliphatic heterocycles. The van der Waals surface area contributed by atoms with E-state index in [2.05, 4.69) is 10.3 Å². The monoisotopic (exact) mass is 155 g/mol. The minimum absolute atomic E-state index is 0.203. The van der Waals surface area contributed by atoms with Crippen LogP contribution >= 0.6 is 0 Å². The molecule has 0 radical (unpaired) electrons. The summed E-state index contributed by atoms with van der Waals surface area (Å²) < 4.78 is 0. The number of guanidine groups is 1. The van der Waals surface area contributed by atoms with Gasteiger partial charge < -0.3 is 10.6 Å². The quantitative estimate of drug-likeness (QED) is 0.268. The summed E-state index contributed by atoms with van der Waals surface area (Å²) in [5.41, 5.74) is 5.09. The highest BCUT2D eigenvalue weighted by molar-refractivity contribution is 5.95. The molecule has 0 aromatic heterocycles. The van der Waals surface area contributed by atoms with Crippen molar-refractivity contribution in [2.45, 2.75) is 0 Å².